The highest BCUT2D eigenvalue weighted by Gasteiger charge is 2.42. The van der Waals surface area contributed by atoms with Crippen molar-refractivity contribution in [2.75, 3.05) is 18.0 Å². The SMILES string of the molecule is CCCCCCN(CCCCCC)c1ccc(C#Cc2ccc3c(c2)C(CCCC)(CCCC)c2cc(C)ccc2-3)cc1. The normalized spacial score (nSPS) is 12.9. The lowest BCUT2D eigenvalue weighted by Gasteiger charge is -2.33. The van der Waals surface area contributed by atoms with E-state index < -0.39 is 0 Å². The van der Waals surface area contributed by atoms with E-state index in [1.54, 1.807) is 5.56 Å². The Balaban J connectivity index is 1.57. The van der Waals surface area contributed by atoms with E-state index in [0.717, 1.165) is 24.2 Å². The highest BCUT2D eigenvalue weighted by atomic mass is 15.1. The highest BCUT2D eigenvalue weighted by Crippen LogP contribution is 2.54. The zero-order chi connectivity index (χ0) is 30.5. The number of fused-ring (bicyclic) bond motifs is 3. The molecular weight excluding hydrogens is 518 g/mol. The Morgan fingerprint density at radius 2 is 1.05 bits per heavy atom. The van der Waals surface area contributed by atoms with E-state index in [2.05, 4.69) is 112 Å². The van der Waals surface area contributed by atoms with Crippen molar-refractivity contribution in [3.63, 3.8) is 0 Å². The van der Waals surface area contributed by atoms with Crippen LogP contribution < -0.4 is 4.90 Å². The molecule has 0 fully saturated rings. The van der Waals surface area contributed by atoms with E-state index in [1.807, 2.05) is 0 Å². The molecule has 0 radical (unpaired) electrons. The predicted molar refractivity (Wildman–Crippen MR) is 189 cm³/mol. The summed E-state index contributed by atoms with van der Waals surface area (Å²) in [7, 11) is 0. The molecule has 0 amide bonds. The molecular formula is C42H57N. The summed E-state index contributed by atoms with van der Waals surface area (Å²) in [6, 6.07) is 23.2. The van der Waals surface area contributed by atoms with Gasteiger partial charge in [-0.3, -0.25) is 0 Å². The lowest BCUT2D eigenvalue weighted by molar-refractivity contribution is 0.414. The zero-order valence-corrected chi connectivity index (χ0v) is 28.0. The topological polar surface area (TPSA) is 3.24 Å². The van der Waals surface area contributed by atoms with Crippen LogP contribution in [0.25, 0.3) is 11.1 Å². The number of benzene rings is 3. The molecule has 0 heterocycles. The van der Waals surface area contributed by atoms with Gasteiger partial charge in [-0.1, -0.05) is 134 Å². The standard InChI is InChI=1S/C42H57N/c1-6-10-14-16-30-43(31-17-15-11-7-2)37-24-21-35(22-25-37)19-20-36-23-27-39-38-26-18-34(5)32-40(38)42(28-12-8-3,29-13-9-4)41(39)33-36/h18,21-27,32-33H,6-17,28-31H2,1-5H3. The second-order valence-electron chi connectivity index (χ2n) is 13.0. The lowest BCUT2D eigenvalue weighted by Crippen LogP contribution is -2.25. The van der Waals surface area contributed by atoms with Crippen molar-refractivity contribution in [2.45, 2.75) is 130 Å². The molecule has 3 aromatic rings. The van der Waals surface area contributed by atoms with E-state index in [4.69, 9.17) is 0 Å². The van der Waals surface area contributed by atoms with E-state index in [1.165, 1.54) is 118 Å². The summed E-state index contributed by atoms with van der Waals surface area (Å²) in [5, 5.41) is 0. The summed E-state index contributed by atoms with van der Waals surface area (Å²) in [5.41, 5.74) is 11.0. The maximum absolute atomic E-state index is 3.56. The monoisotopic (exact) mass is 575 g/mol. The van der Waals surface area contributed by atoms with Crippen molar-refractivity contribution < 1.29 is 0 Å². The smallest absolute Gasteiger partial charge is 0.0367 e. The predicted octanol–water partition coefficient (Wildman–Crippen LogP) is 12.0. The van der Waals surface area contributed by atoms with Gasteiger partial charge in [0.15, 0.2) is 0 Å². The van der Waals surface area contributed by atoms with Crippen LogP contribution in [0.2, 0.25) is 0 Å². The Kier molecular flexibility index (Phi) is 12.8. The van der Waals surface area contributed by atoms with E-state index in [0.29, 0.717) is 0 Å². The first-order valence-electron chi connectivity index (χ1n) is 17.7. The molecule has 1 aliphatic carbocycles. The molecule has 43 heavy (non-hydrogen) atoms. The van der Waals surface area contributed by atoms with Crippen LogP contribution in [0.1, 0.15) is 145 Å². The molecule has 0 saturated heterocycles. The third-order valence-corrected chi connectivity index (χ3v) is 9.58. The summed E-state index contributed by atoms with van der Waals surface area (Å²) in [4.78, 5) is 2.61. The Labute approximate surface area is 264 Å². The second kappa shape index (κ2) is 16.8. The molecule has 0 aromatic heterocycles. The molecule has 0 spiro atoms. The van der Waals surface area contributed by atoms with Gasteiger partial charge in [-0.15, -0.1) is 0 Å². The summed E-state index contributed by atoms with van der Waals surface area (Å²) >= 11 is 0. The molecule has 230 valence electrons. The van der Waals surface area contributed by atoms with Gasteiger partial charge in [0.1, 0.15) is 0 Å². The molecule has 1 aliphatic rings. The quantitative estimate of drug-likeness (QED) is 0.114. The van der Waals surface area contributed by atoms with Gasteiger partial charge in [-0.2, -0.15) is 0 Å². The van der Waals surface area contributed by atoms with Crippen molar-refractivity contribution >= 4 is 5.69 Å². The van der Waals surface area contributed by atoms with Crippen molar-refractivity contribution in [2.24, 2.45) is 0 Å². The van der Waals surface area contributed by atoms with Crippen LogP contribution in [0.3, 0.4) is 0 Å². The van der Waals surface area contributed by atoms with Crippen molar-refractivity contribution in [3.05, 3.63) is 88.5 Å². The molecule has 3 aromatic carbocycles. The van der Waals surface area contributed by atoms with Gasteiger partial charge < -0.3 is 4.90 Å². The van der Waals surface area contributed by atoms with E-state index >= 15 is 0 Å². The summed E-state index contributed by atoms with van der Waals surface area (Å²) in [6.45, 7) is 13.8. The number of nitrogens with zero attached hydrogens (tertiary/aromatic N) is 1. The van der Waals surface area contributed by atoms with Gasteiger partial charge in [0.05, 0.1) is 0 Å². The minimum atomic E-state index is 0.111. The number of unbranched alkanes of at least 4 members (excludes halogenated alkanes) is 8. The van der Waals surface area contributed by atoms with E-state index in [-0.39, 0.29) is 5.41 Å². The highest BCUT2D eigenvalue weighted by molar-refractivity contribution is 5.82. The number of rotatable bonds is 17. The molecule has 0 aliphatic heterocycles. The average molecular weight is 576 g/mol. The van der Waals surface area contributed by atoms with Crippen molar-refractivity contribution in [1.29, 1.82) is 0 Å². The second-order valence-corrected chi connectivity index (χ2v) is 13.0. The fourth-order valence-electron chi connectivity index (χ4n) is 7.04. The van der Waals surface area contributed by atoms with Crippen LogP contribution in [-0.2, 0) is 5.41 Å². The van der Waals surface area contributed by atoms with Crippen LogP contribution in [0.5, 0.6) is 0 Å². The largest absolute Gasteiger partial charge is 0.372 e. The van der Waals surface area contributed by atoms with Crippen molar-refractivity contribution in [1.82, 2.24) is 0 Å². The van der Waals surface area contributed by atoms with Crippen LogP contribution in [0.15, 0.2) is 60.7 Å². The van der Waals surface area contributed by atoms with Gasteiger partial charge in [-0.25, -0.2) is 0 Å². The molecule has 4 rings (SSSR count). The fraction of sp³-hybridized carbons (Fsp3) is 0.524. The minimum Gasteiger partial charge on any atom is -0.372 e. The Bertz CT molecular complexity index is 1320. The third-order valence-electron chi connectivity index (χ3n) is 9.58. The maximum Gasteiger partial charge on any atom is 0.0367 e. The Hall–Kier alpha value is -2.98. The summed E-state index contributed by atoms with van der Waals surface area (Å²) in [5.74, 6) is 7.07. The molecule has 0 atom stereocenters. The van der Waals surface area contributed by atoms with Crippen LogP contribution in [-0.4, -0.2) is 13.1 Å². The lowest BCUT2D eigenvalue weighted by atomic mass is 9.70. The fourth-order valence-corrected chi connectivity index (χ4v) is 7.04. The van der Waals surface area contributed by atoms with Gasteiger partial charge in [0.25, 0.3) is 0 Å². The summed E-state index contributed by atoms with van der Waals surface area (Å²) in [6.07, 6.45) is 17.9. The molecule has 0 bridgehead atoms. The molecule has 0 unspecified atom stereocenters. The Morgan fingerprint density at radius 3 is 1.63 bits per heavy atom. The van der Waals surface area contributed by atoms with Gasteiger partial charge >= 0.3 is 0 Å². The average Bonchev–Trinajstić information content (AvgIpc) is 3.29. The van der Waals surface area contributed by atoms with Crippen molar-refractivity contribution in [3.8, 4) is 23.0 Å². The molecule has 0 N–H and O–H groups in total. The van der Waals surface area contributed by atoms with Crippen LogP contribution in [0, 0.1) is 18.8 Å². The maximum atomic E-state index is 3.56. The van der Waals surface area contributed by atoms with E-state index in [9.17, 15) is 0 Å². The first kappa shape index (κ1) is 32.9. The third kappa shape index (κ3) is 8.35. The number of hydrogen-bond acceptors (Lipinski definition) is 1. The van der Waals surface area contributed by atoms with Gasteiger partial charge in [0.2, 0.25) is 0 Å². The molecule has 1 nitrogen and oxygen atoms in total. The number of aryl methyl sites for hydroxylation is 1. The van der Waals surface area contributed by atoms with Crippen LogP contribution in [0.4, 0.5) is 5.69 Å². The minimum absolute atomic E-state index is 0.111. The molecule has 1 heteroatoms. The summed E-state index contributed by atoms with van der Waals surface area (Å²) < 4.78 is 0. The molecule has 0 saturated carbocycles. The first-order valence-corrected chi connectivity index (χ1v) is 17.7. The first-order chi connectivity index (χ1) is 21.1. The Morgan fingerprint density at radius 1 is 0.535 bits per heavy atom. The number of hydrogen-bond donors (Lipinski definition) is 0. The van der Waals surface area contributed by atoms with Gasteiger partial charge in [-0.05, 0) is 91.3 Å². The van der Waals surface area contributed by atoms with Crippen LogP contribution >= 0.6 is 0 Å². The number of anilines is 1. The zero-order valence-electron chi connectivity index (χ0n) is 28.0. The van der Waals surface area contributed by atoms with Gasteiger partial charge in [0, 0.05) is 35.3 Å².